The molecular weight excluding hydrogens is 249 g/mol. The molecule has 0 aromatic heterocycles. The van der Waals surface area contributed by atoms with Gasteiger partial charge in [-0.3, -0.25) is 4.79 Å². The van der Waals surface area contributed by atoms with E-state index < -0.39 is 18.6 Å². The van der Waals surface area contributed by atoms with Gasteiger partial charge in [-0.15, -0.1) is 0 Å². The highest BCUT2D eigenvalue weighted by Gasteiger charge is 2.26. The van der Waals surface area contributed by atoms with E-state index >= 15 is 0 Å². The number of ether oxygens (including phenoxy) is 1. The number of unbranched alkanes of at least 4 members (excludes halogenated alkanes) is 1. The largest absolute Gasteiger partial charge is 0.401 e. The lowest BCUT2D eigenvalue weighted by Crippen LogP contribution is -2.38. The quantitative estimate of drug-likeness (QED) is 0.591. The molecule has 0 radical (unpaired) electrons. The number of rotatable bonds is 10. The van der Waals surface area contributed by atoms with E-state index in [4.69, 9.17) is 4.74 Å². The van der Waals surface area contributed by atoms with Crippen LogP contribution in [0.3, 0.4) is 0 Å². The van der Waals surface area contributed by atoms with Gasteiger partial charge in [-0.25, -0.2) is 0 Å². The summed E-state index contributed by atoms with van der Waals surface area (Å²) >= 11 is 0. The van der Waals surface area contributed by atoms with E-state index in [2.05, 4.69) is 12.2 Å². The number of carbonyl (C=O) groups is 1. The van der Waals surface area contributed by atoms with Gasteiger partial charge < -0.3 is 15.4 Å². The smallest absolute Gasteiger partial charge is 0.381 e. The maximum atomic E-state index is 11.7. The first kappa shape index (κ1) is 17.2. The van der Waals surface area contributed by atoms with Crippen LogP contribution in [0, 0.1) is 0 Å². The van der Waals surface area contributed by atoms with E-state index in [9.17, 15) is 18.0 Å². The molecule has 0 saturated carbocycles. The van der Waals surface area contributed by atoms with Gasteiger partial charge in [0.15, 0.2) is 0 Å². The second-order valence-corrected chi connectivity index (χ2v) is 3.89. The summed E-state index contributed by atoms with van der Waals surface area (Å²) < 4.78 is 40.5. The number of hydrogen-bond donors (Lipinski definition) is 2. The van der Waals surface area contributed by atoms with Gasteiger partial charge >= 0.3 is 6.18 Å². The molecule has 0 bridgehead atoms. The van der Waals surface area contributed by atoms with Gasteiger partial charge in [0.05, 0.1) is 13.1 Å². The molecule has 0 aromatic carbocycles. The predicted molar refractivity (Wildman–Crippen MR) is 62.3 cm³/mol. The molecule has 0 heterocycles. The molecule has 0 saturated heterocycles. The van der Waals surface area contributed by atoms with Crippen LogP contribution in [0.15, 0.2) is 0 Å². The molecule has 2 N–H and O–H groups in total. The number of hydrogen-bond acceptors (Lipinski definition) is 3. The molecule has 0 unspecified atom stereocenters. The van der Waals surface area contributed by atoms with E-state index in [1.54, 1.807) is 0 Å². The van der Waals surface area contributed by atoms with Crippen molar-refractivity contribution in [1.29, 1.82) is 0 Å². The van der Waals surface area contributed by atoms with Crippen molar-refractivity contribution in [2.45, 2.75) is 32.4 Å². The minimum Gasteiger partial charge on any atom is -0.381 e. The number of carbonyl (C=O) groups excluding carboxylic acids is 1. The highest BCUT2D eigenvalue weighted by Crippen LogP contribution is 2.11. The highest BCUT2D eigenvalue weighted by molar-refractivity contribution is 5.77. The topological polar surface area (TPSA) is 50.4 Å². The molecule has 1 amide bonds. The molecule has 0 atom stereocenters. The SMILES string of the molecule is CCCCOCCCNC(=O)CNCC(F)(F)F. The average Bonchev–Trinajstić information content (AvgIpc) is 2.26. The van der Waals surface area contributed by atoms with Crippen molar-refractivity contribution in [2.75, 3.05) is 32.8 Å². The highest BCUT2D eigenvalue weighted by atomic mass is 19.4. The van der Waals surface area contributed by atoms with E-state index in [0.717, 1.165) is 12.8 Å². The van der Waals surface area contributed by atoms with Crippen molar-refractivity contribution < 1.29 is 22.7 Å². The summed E-state index contributed by atoms with van der Waals surface area (Å²) in [6.45, 7) is 2.26. The summed E-state index contributed by atoms with van der Waals surface area (Å²) in [5, 5.41) is 4.54. The molecule has 0 aromatic rings. The molecule has 0 rings (SSSR count). The zero-order chi connectivity index (χ0) is 13.9. The normalized spacial score (nSPS) is 11.6. The van der Waals surface area contributed by atoms with Crippen LogP contribution in [0.5, 0.6) is 0 Å². The monoisotopic (exact) mass is 270 g/mol. The third kappa shape index (κ3) is 13.2. The van der Waals surface area contributed by atoms with Crippen molar-refractivity contribution in [3.8, 4) is 0 Å². The minimum atomic E-state index is -4.28. The standard InChI is InChI=1S/C11H21F3N2O2/c1-2-3-6-18-7-4-5-16-10(17)8-15-9-11(12,13)14/h15H,2-9H2,1H3,(H,16,17). The molecule has 0 aliphatic heterocycles. The fraction of sp³-hybridized carbons (Fsp3) is 0.909. The predicted octanol–water partition coefficient (Wildman–Crippen LogP) is 1.46. The average molecular weight is 270 g/mol. The maximum Gasteiger partial charge on any atom is 0.401 e. The Kier molecular flexibility index (Phi) is 9.67. The fourth-order valence-electron chi connectivity index (χ4n) is 1.13. The summed E-state index contributed by atoms with van der Waals surface area (Å²) in [6.07, 6.45) is -1.54. The molecule has 7 heteroatoms. The third-order valence-corrected chi connectivity index (χ3v) is 2.04. The second-order valence-electron chi connectivity index (χ2n) is 3.89. The molecule has 0 spiro atoms. The molecule has 0 aliphatic carbocycles. The van der Waals surface area contributed by atoms with E-state index in [-0.39, 0.29) is 6.54 Å². The van der Waals surface area contributed by atoms with Gasteiger partial charge in [0.25, 0.3) is 0 Å². The zero-order valence-corrected chi connectivity index (χ0v) is 10.6. The van der Waals surface area contributed by atoms with Crippen molar-refractivity contribution in [1.82, 2.24) is 10.6 Å². The number of amides is 1. The first-order valence-electron chi connectivity index (χ1n) is 6.07. The van der Waals surface area contributed by atoms with Crippen LogP contribution >= 0.6 is 0 Å². The Morgan fingerprint density at radius 3 is 2.50 bits per heavy atom. The maximum absolute atomic E-state index is 11.7. The Hall–Kier alpha value is -0.820. The van der Waals surface area contributed by atoms with Gasteiger partial charge in [-0.05, 0) is 12.8 Å². The van der Waals surface area contributed by atoms with Gasteiger partial charge in [0, 0.05) is 19.8 Å². The number of nitrogens with one attached hydrogen (secondary N) is 2. The summed E-state index contributed by atoms with van der Waals surface area (Å²) in [5.41, 5.74) is 0. The number of alkyl halides is 3. The van der Waals surface area contributed by atoms with Gasteiger partial charge in [0.2, 0.25) is 5.91 Å². The first-order valence-corrected chi connectivity index (χ1v) is 6.07. The Labute approximate surface area is 105 Å². The number of halogens is 3. The molecule has 0 fully saturated rings. The van der Waals surface area contributed by atoms with Crippen molar-refractivity contribution in [2.24, 2.45) is 0 Å². The third-order valence-electron chi connectivity index (χ3n) is 2.04. The van der Waals surface area contributed by atoms with Crippen LogP contribution in [-0.4, -0.2) is 44.9 Å². The van der Waals surface area contributed by atoms with Crippen molar-refractivity contribution in [3.05, 3.63) is 0 Å². The molecular formula is C11H21F3N2O2. The molecule has 108 valence electrons. The van der Waals surface area contributed by atoms with E-state index in [1.807, 2.05) is 5.32 Å². The summed E-state index contributed by atoms with van der Waals surface area (Å²) in [7, 11) is 0. The molecule has 4 nitrogen and oxygen atoms in total. The first-order chi connectivity index (χ1) is 8.45. The Morgan fingerprint density at radius 1 is 1.22 bits per heavy atom. The summed E-state index contributed by atoms with van der Waals surface area (Å²) in [4.78, 5) is 11.1. The van der Waals surface area contributed by atoms with Crippen LogP contribution in [0.1, 0.15) is 26.2 Å². The molecule has 18 heavy (non-hydrogen) atoms. The molecule has 0 aliphatic rings. The van der Waals surface area contributed by atoms with Gasteiger partial charge in [-0.2, -0.15) is 13.2 Å². The second kappa shape index (κ2) is 10.1. The Morgan fingerprint density at radius 2 is 1.89 bits per heavy atom. The van der Waals surface area contributed by atoms with Gasteiger partial charge in [0.1, 0.15) is 0 Å². The summed E-state index contributed by atoms with van der Waals surface area (Å²) in [5.74, 6) is -0.437. The van der Waals surface area contributed by atoms with Crippen LogP contribution in [0.25, 0.3) is 0 Å². The zero-order valence-electron chi connectivity index (χ0n) is 10.6. The lowest BCUT2D eigenvalue weighted by molar-refractivity contribution is -0.128. The van der Waals surface area contributed by atoms with Crippen molar-refractivity contribution >= 4 is 5.91 Å². The van der Waals surface area contributed by atoms with Crippen LogP contribution < -0.4 is 10.6 Å². The lowest BCUT2D eigenvalue weighted by Gasteiger charge is -2.09. The summed E-state index contributed by atoms with van der Waals surface area (Å²) in [6, 6.07) is 0. The van der Waals surface area contributed by atoms with Crippen LogP contribution in [0.4, 0.5) is 13.2 Å². The Bertz CT molecular complexity index is 223. The van der Waals surface area contributed by atoms with E-state index in [1.165, 1.54) is 0 Å². The Balaban J connectivity index is 3.27. The van der Waals surface area contributed by atoms with Crippen molar-refractivity contribution in [3.63, 3.8) is 0 Å². The van der Waals surface area contributed by atoms with Gasteiger partial charge in [-0.1, -0.05) is 13.3 Å². The lowest BCUT2D eigenvalue weighted by atomic mass is 10.3. The van der Waals surface area contributed by atoms with Crippen LogP contribution in [-0.2, 0) is 9.53 Å². The van der Waals surface area contributed by atoms with Crippen LogP contribution in [0.2, 0.25) is 0 Å². The minimum absolute atomic E-state index is 0.323. The van der Waals surface area contributed by atoms with E-state index in [0.29, 0.717) is 26.2 Å². The fourth-order valence-corrected chi connectivity index (χ4v) is 1.13.